The van der Waals surface area contributed by atoms with Crippen molar-refractivity contribution in [1.82, 2.24) is 20.2 Å². The van der Waals surface area contributed by atoms with E-state index in [0.717, 1.165) is 5.56 Å². The van der Waals surface area contributed by atoms with Gasteiger partial charge in [0, 0.05) is 19.2 Å². The first-order valence-corrected chi connectivity index (χ1v) is 9.70. The van der Waals surface area contributed by atoms with E-state index < -0.39 is 0 Å². The van der Waals surface area contributed by atoms with Crippen molar-refractivity contribution >= 4 is 35.0 Å². The summed E-state index contributed by atoms with van der Waals surface area (Å²) in [4.78, 5) is 34.1. The number of hydrogen-bond donors (Lipinski definition) is 1. The quantitative estimate of drug-likeness (QED) is 0.589. The third-order valence-corrected chi connectivity index (χ3v) is 4.87. The van der Waals surface area contributed by atoms with Gasteiger partial charge in [0.1, 0.15) is 22.1 Å². The zero-order chi connectivity index (χ0) is 21.1. The Kier molecular flexibility index (Phi) is 6.52. The predicted octanol–water partition coefficient (Wildman–Crippen LogP) is 3.28. The van der Waals surface area contributed by atoms with Crippen LogP contribution in [0.25, 0.3) is 11.3 Å². The summed E-state index contributed by atoms with van der Waals surface area (Å²) in [6.45, 7) is 6.31. The number of hydrogen-bond acceptors (Lipinski definition) is 5. The highest BCUT2D eigenvalue weighted by Crippen LogP contribution is 2.31. The molecule has 0 radical (unpaired) electrons. The van der Waals surface area contributed by atoms with Crippen LogP contribution < -0.4 is 5.32 Å². The van der Waals surface area contributed by atoms with E-state index >= 15 is 0 Å². The molecule has 3 heterocycles. The number of pyridine rings is 2. The first-order chi connectivity index (χ1) is 13.8. The zero-order valence-corrected chi connectivity index (χ0v) is 17.5. The minimum Gasteiger partial charge on any atom is -0.367 e. The molecule has 2 amide bonds. The highest BCUT2D eigenvalue weighted by atomic mass is 35.5. The molecule has 1 saturated heterocycles. The molecular weight excluding hydrogens is 415 g/mol. The minimum absolute atomic E-state index is 0.150. The van der Waals surface area contributed by atoms with Crippen molar-refractivity contribution in [2.75, 3.05) is 20.1 Å². The van der Waals surface area contributed by atoms with Gasteiger partial charge in [0.05, 0.1) is 18.3 Å². The van der Waals surface area contributed by atoms with E-state index in [1.807, 2.05) is 13.0 Å². The van der Waals surface area contributed by atoms with Gasteiger partial charge in [-0.3, -0.25) is 9.59 Å². The monoisotopic (exact) mass is 434 g/mol. The van der Waals surface area contributed by atoms with Gasteiger partial charge in [0.25, 0.3) is 5.91 Å². The first-order valence-electron chi connectivity index (χ1n) is 8.95. The standard InChI is InChI=1S/C20H20Cl2N4O3/c1-4-19(27)26-9-11(2)29-16(10-26)13-6-14(24-18(22)8-13)12-5-15(20(28)23-3)25-17(21)7-12/h4-8,11,16H,1,9-10H2,2-3H3,(H,23,28)/t11-,16+/m0/s1. The van der Waals surface area contributed by atoms with Crippen LogP contribution in [-0.2, 0) is 9.53 Å². The normalized spacial score (nSPS) is 19.0. The number of halogens is 2. The maximum absolute atomic E-state index is 12.1. The lowest BCUT2D eigenvalue weighted by Gasteiger charge is -2.36. The molecule has 7 nitrogen and oxygen atoms in total. The average Bonchev–Trinajstić information content (AvgIpc) is 2.71. The van der Waals surface area contributed by atoms with Crippen LogP contribution in [0, 0.1) is 0 Å². The Morgan fingerprint density at radius 3 is 2.62 bits per heavy atom. The second-order valence-corrected chi connectivity index (χ2v) is 7.41. The summed E-state index contributed by atoms with van der Waals surface area (Å²) < 4.78 is 6.03. The molecule has 2 aromatic heterocycles. The molecule has 0 spiro atoms. The lowest BCUT2D eigenvalue weighted by atomic mass is 10.0. The molecule has 1 N–H and O–H groups in total. The lowest BCUT2D eigenvalue weighted by Crippen LogP contribution is -2.45. The Morgan fingerprint density at radius 1 is 1.21 bits per heavy atom. The second-order valence-electron chi connectivity index (χ2n) is 6.63. The molecule has 1 fully saturated rings. The number of nitrogens with one attached hydrogen (secondary N) is 1. The van der Waals surface area contributed by atoms with Crippen LogP contribution in [0.5, 0.6) is 0 Å². The molecule has 152 valence electrons. The summed E-state index contributed by atoms with van der Waals surface area (Å²) in [5.74, 6) is -0.513. The molecule has 2 atom stereocenters. The fourth-order valence-electron chi connectivity index (χ4n) is 3.18. The van der Waals surface area contributed by atoms with Crippen molar-refractivity contribution in [3.63, 3.8) is 0 Å². The molecule has 2 aromatic rings. The zero-order valence-electron chi connectivity index (χ0n) is 16.0. The Labute approximate surface area is 178 Å². The number of aromatic nitrogens is 2. The van der Waals surface area contributed by atoms with Crippen LogP contribution in [-0.4, -0.2) is 52.9 Å². The topological polar surface area (TPSA) is 84.4 Å². The van der Waals surface area contributed by atoms with Crippen molar-refractivity contribution in [3.8, 4) is 11.3 Å². The van der Waals surface area contributed by atoms with Crippen LogP contribution in [0.2, 0.25) is 10.3 Å². The summed E-state index contributed by atoms with van der Waals surface area (Å²) in [5, 5.41) is 2.94. The largest absolute Gasteiger partial charge is 0.367 e. The number of rotatable bonds is 4. The summed E-state index contributed by atoms with van der Waals surface area (Å²) in [5.41, 5.74) is 2.05. The highest BCUT2D eigenvalue weighted by molar-refractivity contribution is 6.30. The maximum atomic E-state index is 12.1. The van der Waals surface area contributed by atoms with Crippen LogP contribution in [0.4, 0.5) is 0 Å². The van der Waals surface area contributed by atoms with E-state index in [-0.39, 0.29) is 40.0 Å². The first kappa shape index (κ1) is 21.2. The van der Waals surface area contributed by atoms with Crippen molar-refractivity contribution in [1.29, 1.82) is 0 Å². The molecule has 1 aliphatic heterocycles. The minimum atomic E-state index is -0.377. The van der Waals surface area contributed by atoms with Gasteiger partial charge < -0.3 is 15.0 Å². The Bertz CT molecular complexity index is 967. The number of morpholine rings is 1. The molecule has 1 aliphatic rings. The summed E-state index contributed by atoms with van der Waals surface area (Å²) in [7, 11) is 1.51. The van der Waals surface area contributed by atoms with Gasteiger partial charge in [-0.2, -0.15) is 0 Å². The SMILES string of the molecule is C=CC(=O)N1C[C@H](C)O[C@@H](c2cc(Cl)nc(-c3cc(Cl)nc(C(=O)NC)c3)c2)C1. The van der Waals surface area contributed by atoms with Gasteiger partial charge in [-0.15, -0.1) is 0 Å². The fraction of sp³-hybridized carbons (Fsp3) is 0.300. The van der Waals surface area contributed by atoms with E-state index in [2.05, 4.69) is 21.9 Å². The van der Waals surface area contributed by atoms with E-state index in [9.17, 15) is 9.59 Å². The predicted molar refractivity (Wildman–Crippen MR) is 111 cm³/mol. The van der Waals surface area contributed by atoms with Crippen molar-refractivity contribution in [3.05, 3.63) is 58.5 Å². The third kappa shape index (κ3) is 4.93. The average molecular weight is 435 g/mol. The maximum Gasteiger partial charge on any atom is 0.269 e. The van der Waals surface area contributed by atoms with Crippen molar-refractivity contribution in [2.24, 2.45) is 0 Å². The van der Waals surface area contributed by atoms with Crippen LogP contribution in [0.15, 0.2) is 36.9 Å². The van der Waals surface area contributed by atoms with Gasteiger partial charge >= 0.3 is 0 Å². The Hall–Kier alpha value is -2.48. The van der Waals surface area contributed by atoms with E-state index in [1.165, 1.54) is 13.1 Å². The Morgan fingerprint density at radius 2 is 1.93 bits per heavy atom. The van der Waals surface area contributed by atoms with Crippen LogP contribution in [0.1, 0.15) is 29.1 Å². The van der Waals surface area contributed by atoms with Gasteiger partial charge in [0.15, 0.2) is 0 Å². The van der Waals surface area contributed by atoms with Gasteiger partial charge in [0.2, 0.25) is 5.91 Å². The van der Waals surface area contributed by atoms with Gasteiger partial charge in [-0.25, -0.2) is 9.97 Å². The smallest absolute Gasteiger partial charge is 0.269 e. The number of carbonyl (C=O) groups is 2. The molecule has 0 aliphatic carbocycles. The van der Waals surface area contributed by atoms with E-state index in [1.54, 1.807) is 23.1 Å². The molecule has 0 unspecified atom stereocenters. The highest BCUT2D eigenvalue weighted by Gasteiger charge is 2.29. The van der Waals surface area contributed by atoms with Crippen molar-refractivity contribution in [2.45, 2.75) is 19.1 Å². The van der Waals surface area contributed by atoms with Crippen LogP contribution in [0.3, 0.4) is 0 Å². The number of carbonyl (C=O) groups excluding carboxylic acids is 2. The van der Waals surface area contributed by atoms with E-state index in [0.29, 0.717) is 24.3 Å². The lowest BCUT2D eigenvalue weighted by molar-refractivity contribution is -0.139. The van der Waals surface area contributed by atoms with Crippen LogP contribution >= 0.6 is 23.2 Å². The van der Waals surface area contributed by atoms with Gasteiger partial charge in [-0.1, -0.05) is 29.8 Å². The molecule has 3 rings (SSSR count). The molecule has 0 saturated carbocycles. The van der Waals surface area contributed by atoms with Crippen molar-refractivity contribution < 1.29 is 14.3 Å². The number of nitrogens with zero attached hydrogens (tertiary/aromatic N) is 3. The molecule has 0 bridgehead atoms. The molecular formula is C20H20Cl2N4O3. The Balaban J connectivity index is 1.99. The fourth-order valence-corrected chi connectivity index (χ4v) is 3.61. The van der Waals surface area contributed by atoms with E-state index in [4.69, 9.17) is 27.9 Å². The summed E-state index contributed by atoms with van der Waals surface area (Å²) in [6.07, 6.45) is 0.764. The number of amides is 2. The molecule has 0 aromatic carbocycles. The number of ether oxygens (including phenoxy) is 1. The molecule has 9 heteroatoms. The molecule has 29 heavy (non-hydrogen) atoms. The summed E-state index contributed by atoms with van der Waals surface area (Å²) in [6, 6.07) is 6.70. The summed E-state index contributed by atoms with van der Waals surface area (Å²) >= 11 is 12.3. The second kappa shape index (κ2) is 8.90. The van der Waals surface area contributed by atoms with Gasteiger partial charge in [-0.05, 0) is 42.8 Å². The third-order valence-electron chi connectivity index (χ3n) is 4.48.